The van der Waals surface area contributed by atoms with Crippen molar-refractivity contribution in [2.75, 3.05) is 19.8 Å². The molecule has 0 aliphatic carbocycles. The number of aromatic amines is 1. The largest absolute Gasteiger partial charge is 0.376 e. The minimum Gasteiger partial charge on any atom is -0.376 e. The van der Waals surface area contributed by atoms with E-state index in [1.165, 1.54) is 0 Å². The summed E-state index contributed by atoms with van der Waals surface area (Å²) in [7, 11) is 0. The van der Waals surface area contributed by atoms with Gasteiger partial charge in [0.15, 0.2) is 0 Å². The molecular formula is C7H9BrN2O2. The van der Waals surface area contributed by atoms with E-state index in [9.17, 15) is 0 Å². The Kier molecular flexibility index (Phi) is 2.43. The highest BCUT2D eigenvalue weighted by Gasteiger charge is 2.18. The van der Waals surface area contributed by atoms with Crippen LogP contribution < -0.4 is 0 Å². The third-order valence-corrected chi connectivity index (χ3v) is 2.09. The molecule has 66 valence electrons. The molecule has 1 aliphatic heterocycles. The standard InChI is InChI=1S/C7H9BrN2O2/c8-6-3-9-7(10-6)5-4-11-1-2-12-5/h3,5H,1-2,4H2,(H,9,10). The van der Waals surface area contributed by atoms with Gasteiger partial charge in [-0.15, -0.1) is 0 Å². The molecule has 4 nitrogen and oxygen atoms in total. The molecule has 1 fully saturated rings. The van der Waals surface area contributed by atoms with Crippen LogP contribution >= 0.6 is 15.9 Å². The van der Waals surface area contributed by atoms with Crippen molar-refractivity contribution in [2.45, 2.75) is 6.10 Å². The highest BCUT2D eigenvalue weighted by atomic mass is 79.9. The lowest BCUT2D eigenvalue weighted by Gasteiger charge is -2.20. The third-order valence-electron chi connectivity index (χ3n) is 1.69. The van der Waals surface area contributed by atoms with Crippen LogP contribution in [0.3, 0.4) is 0 Å². The van der Waals surface area contributed by atoms with Gasteiger partial charge in [0, 0.05) is 0 Å². The van der Waals surface area contributed by atoms with Gasteiger partial charge in [0.2, 0.25) is 0 Å². The number of nitrogens with one attached hydrogen (secondary N) is 1. The molecule has 1 unspecified atom stereocenters. The van der Waals surface area contributed by atoms with Gasteiger partial charge < -0.3 is 14.5 Å². The Morgan fingerprint density at radius 2 is 2.50 bits per heavy atom. The van der Waals surface area contributed by atoms with E-state index >= 15 is 0 Å². The second-order valence-corrected chi connectivity index (χ2v) is 3.41. The topological polar surface area (TPSA) is 47.1 Å². The van der Waals surface area contributed by atoms with Gasteiger partial charge in [-0.2, -0.15) is 0 Å². The van der Waals surface area contributed by atoms with E-state index in [4.69, 9.17) is 9.47 Å². The minimum absolute atomic E-state index is 0.0370. The van der Waals surface area contributed by atoms with Crippen molar-refractivity contribution in [1.82, 2.24) is 9.97 Å². The van der Waals surface area contributed by atoms with Gasteiger partial charge in [-0.05, 0) is 15.9 Å². The second-order valence-electron chi connectivity index (χ2n) is 2.55. The normalized spacial score (nSPS) is 24.2. The second kappa shape index (κ2) is 3.55. The van der Waals surface area contributed by atoms with Gasteiger partial charge >= 0.3 is 0 Å². The fraction of sp³-hybridized carbons (Fsp3) is 0.571. The predicted molar refractivity (Wildman–Crippen MR) is 45.8 cm³/mol. The lowest BCUT2D eigenvalue weighted by atomic mass is 10.3. The quantitative estimate of drug-likeness (QED) is 0.794. The maximum atomic E-state index is 5.44. The van der Waals surface area contributed by atoms with Crippen LogP contribution in [0, 0.1) is 0 Å². The molecule has 0 amide bonds. The van der Waals surface area contributed by atoms with Crippen molar-refractivity contribution in [1.29, 1.82) is 0 Å². The Balaban J connectivity index is 2.08. The number of hydrogen-bond acceptors (Lipinski definition) is 3. The number of H-pyrrole nitrogens is 1. The lowest BCUT2D eigenvalue weighted by Crippen LogP contribution is -2.22. The van der Waals surface area contributed by atoms with E-state index in [-0.39, 0.29) is 6.10 Å². The zero-order valence-electron chi connectivity index (χ0n) is 6.42. The summed E-state index contributed by atoms with van der Waals surface area (Å²) in [5.41, 5.74) is 0. The first-order valence-electron chi connectivity index (χ1n) is 3.76. The van der Waals surface area contributed by atoms with Crippen LogP contribution in [0.25, 0.3) is 0 Å². The van der Waals surface area contributed by atoms with Crippen LogP contribution in [-0.2, 0) is 9.47 Å². The molecule has 0 radical (unpaired) electrons. The number of imidazole rings is 1. The molecular weight excluding hydrogens is 224 g/mol. The molecule has 0 saturated carbocycles. The highest BCUT2D eigenvalue weighted by molar-refractivity contribution is 9.10. The first-order chi connectivity index (χ1) is 5.86. The fourth-order valence-corrected chi connectivity index (χ4v) is 1.43. The Hall–Kier alpha value is -0.390. The molecule has 1 aromatic rings. The van der Waals surface area contributed by atoms with E-state index < -0.39 is 0 Å². The summed E-state index contributed by atoms with van der Waals surface area (Å²) < 4.78 is 11.6. The van der Waals surface area contributed by atoms with Gasteiger partial charge in [0.25, 0.3) is 0 Å². The number of ether oxygens (including phenoxy) is 2. The van der Waals surface area contributed by atoms with E-state index in [1.54, 1.807) is 6.20 Å². The van der Waals surface area contributed by atoms with Crippen LogP contribution in [0.5, 0.6) is 0 Å². The van der Waals surface area contributed by atoms with Gasteiger partial charge in [-0.3, -0.25) is 0 Å². The van der Waals surface area contributed by atoms with Crippen LogP contribution in [0.1, 0.15) is 11.9 Å². The van der Waals surface area contributed by atoms with Crippen LogP contribution in [0.4, 0.5) is 0 Å². The maximum absolute atomic E-state index is 5.44. The van der Waals surface area contributed by atoms with E-state index in [0.717, 1.165) is 10.4 Å². The number of hydrogen-bond donors (Lipinski definition) is 1. The summed E-state index contributed by atoms with van der Waals surface area (Å²) in [6, 6.07) is 0. The SMILES string of the molecule is Brc1cnc(C2COCCO2)[nH]1. The van der Waals surface area contributed by atoms with Crippen LogP contribution in [-0.4, -0.2) is 29.8 Å². The molecule has 1 aliphatic rings. The Bertz CT molecular complexity index is 258. The Morgan fingerprint density at radius 1 is 1.58 bits per heavy atom. The Morgan fingerprint density at radius 3 is 3.08 bits per heavy atom. The van der Waals surface area contributed by atoms with Gasteiger partial charge in [-0.1, -0.05) is 0 Å². The summed E-state index contributed by atoms with van der Waals surface area (Å²) in [4.78, 5) is 7.18. The summed E-state index contributed by atoms with van der Waals surface area (Å²) in [5.74, 6) is 0.821. The zero-order chi connectivity index (χ0) is 8.39. The first kappa shape index (κ1) is 8.22. The summed E-state index contributed by atoms with van der Waals surface area (Å²) in [5, 5.41) is 0. The monoisotopic (exact) mass is 232 g/mol. The van der Waals surface area contributed by atoms with Gasteiger partial charge in [0.05, 0.1) is 26.0 Å². The van der Waals surface area contributed by atoms with Crippen LogP contribution in [0.2, 0.25) is 0 Å². The lowest BCUT2D eigenvalue weighted by molar-refractivity contribution is -0.0932. The van der Waals surface area contributed by atoms with Crippen molar-refractivity contribution in [3.63, 3.8) is 0 Å². The number of aromatic nitrogens is 2. The Labute approximate surface area is 78.4 Å². The molecule has 0 aromatic carbocycles. The predicted octanol–water partition coefficient (Wildman–Crippen LogP) is 1.26. The molecule has 1 atom stereocenters. The van der Waals surface area contributed by atoms with Gasteiger partial charge in [-0.25, -0.2) is 4.98 Å². The summed E-state index contributed by atoms with van der Waals surface area (Å²) in [6.45, 7) is 1.90. The maximum Gasteiger partial charge on any atom is 0.138 e. The molecule has 1 N–H and O–H groups in total. The van der Waals surface area contributed by atoms with Crippen molar-refractivity contribution in [3.8, 4) is 0 Å². The molecule has 2 heterocycles. The minimum atomic E-state index is -0.0370. The van der Waals surface area contributed by atoms with Crippen molar-refractivity contribution >= 4 is 15.9 Å². The average molecular weight is 233 g/mol. The molecule has 5 heteroatoms. The smallest absolute Gasteiger partial charge is 0.138 e. The van der Waals surface area contributed by atoms with Crippen molar-refractivity contribution < 1.29 is 9.47 Å². The molecule has 0 spiro atoms. The molecule has 1 saturated heterocycles. The highest BCUT2D eigenvalue weighted by Crippen LogP contribution is 2.18. The molecule has 1 aromatic heterocycles. The van der Waals surface area contributed by atoms with Gasteiger partial charge in [0.1, 0.15) is 16.5 Å². The third kappa shape index (κ3) is 1.68. The number of rotatable bonds is 1. The number of halogens is 1. The van der Waals surface area contributed by atoms with E-state index in [0.29, 0.717) is 19.8 Å². The number of nitrogens with zero attached hydrogens (tertiary/aromatic N) is 1. The average Bonchev–Trinajstić information content (AvgIpc) is 2.54. The van der Waals surface area contributed by atoms with Crippen molar-refractivity contribution in [3.05, 3.63) is 16.6 Å². The summed E-state index contributed by atoms with van der Waals surface area (Å²) >= 11 is 3.28. The van der Waals surface area contributed by atoms with E-state index in [1.807, 2.05) is 0 Å². The van der Waals surface area contributed by atoms with Crippen molar-refractivity contribution in [2.24, 2.45) is 0 Å². The van der Waals surface area contributed by atoms with Crippen LogP contribution in [0.15, 0.2) is 10.8 Å². The molecule has 0 bridgehead atoms. The first-order valence-corrected chi connectivity index (χ1v) is 4.55. The fourth-order valence-electron chi connectivity index (χ4n) is 1.12. The molecule has 2 rings (SSSR count). The van der Waals surface area contributed by atoms with E-state index in [2.05, 4.69) is 25.9 Å². The zero-order valence-corrected chi connectivity index (χ0v) is 8.00. The molecule has 12 heavy (non-hydrogen) atoms. The summed E-state index contributed by atoms with van der Waals surface area (Å²) in [6.07, 6.45) is 1.68.